The fraction of sp³-hybridized carbons (Fsp3) is 0.923. The van der Waals surface area contributed by atoms with Gasteiger partial charge in [0, 0.05) is 39.3 Å². The highest BCUT2D eigenvalue weighted by atomic mass is 16.2. The van der Waals surface area contributed by atoms with Crippen LogP contribution in [0.4, 0.5) is 4.79 Å². The van der Waals surface area contributed by atoms with E-state index in [2.05, 4.69) is 11.8 Å². The first-order valence-corrected chi connectivity index (χ1v) is 7.07. The van der Waals surface area contributed by atoms with Gasteiger partial charge in [0.2, 0.25) is 0 Å². The third-order valence-electron chi connectivity index (χ3n) is 3.85. The van der Waals surface area contributed by atoms with Crippen molar-refractivity contribution in [1.82, 2.24) is 14.7 Å². The zero-order valence-electron chi connectivity index (χ0n) is 11.0. The van der Waals surface area contributed by atoms with Crippen molar-refractivity contribution in [2.75, 3.05) is 45.8 Å². The molecule has 0 saturated carbocycles. The predicted octanol–water partition coefficient (Wildman–Crippen LogP) is 1.62. The topological polar surface area (TPSA) is 26.8 Å². The number of hydrogen-bond donors (Lipinski definition) is 0. The smallest absolute Gasteiger partial charge is 0.320 e. The van der Waals surface area contributed by atoms with Gasteiger partial charge in [-0.05, 0) is 25.8 Å². The van der Waals surface area contributed by atoms with Gasteiger partial charge in [0.1, 0.15) is 0 Å². The second kappa shape index (κ2) is 6.24. The Balaban J connectivity index is 1.72. The predicted molar refractivity (Wildman–Crippen MR) is 69.1 cm³/mol. The number of carbonyl (C=O) groups excluding carboxylic acids is 1. The van der Waals surface area contributed by atoms with Crippen molar-refractivity contribution in [3.63, 3.8) is 0 Å². The highest BCUT2D eigenvalue weighted by Crippen LogP contribution is 2.12. The second-order valence-electron chi connectivity index (χ2n) is 5.16. The fourth-order valence-electron chi connectivity index (χ4n) is 2.65. The van der Waals surface area contributed by atoms with Crippen LogP contribution in [-0.4, -0.2) is 66.5 Å². The zero-order valence-corrected chi connectivity index (χ0v) is 11.0. The highest BCUT2D eigenvalue weighted by Gasteiger charge is 2.26. The Hall–Kier alpha value is -0.770. The van der Waals surface area contributed by atoms with Crippen LogP contribution in [0.3, 0.4) is 0 Å². The lowest BCUT2D eigenvalue weighted by Crippen LogP contribution is -2.52. The Morgan fingerprint density at radius 1 is 0.941 bits per heavy atom. The minimum atomic E-state index is 0.276. The van der Waals surface area contributed by atoms with E-state index in [0.29, 0.717) is 0 Å². The van der Waals surface area contributed by atoms with E-state index < -0.39 is 0 Å². The van der Waals surface area contributed by atoms with Crippen LogP contribution in [0.25, 0.3) is 0 Å². The van der Waals surface area contributed by atoms with Crippen LogP contribution in [-0.2, 0) is 0 Å². The number of unbranched alkanes of at least 4 members (excludes halogenated alkanes) is 1. The average molecular weight is 239 g/mol. The van der Waals surface area contributed by atoms with E-state index in [1.807, 2.05) is 9.80 Å². The van der Waals surface area contributed by atoms with Gasteiger partial charge in [-0.1, -0.05) is 13.3 Å². The summed E-state index contributed by atoms with van der Waals surface area (Å²) < 4.78 is 0. The molecule has 0 aromatic carbocycles. The highest BCUT2D eigenvalue weighted by molar-refractivity contribution is 5.74. The van der Waals surface area contributed by atoms with Crippen molar-refractivity contribution in [3.05, 3.63) is 0 Å². The summed E-state index contributed by atoms with van der Waals surface area (Å²) >= 11 is 0. The molecule has 0 aliphatic carbocycles. The molecule has 4 nitrogen and oxygen atoms in total. The molecular weight excluding hydrogens is 214 g/mol. The van der Waals surface area contributed by atoms with Crippen molar-refractivity contribution >= 4 is 6.03 Å². The van der Waals surface area contributed by atoms with Gasteiger partial charge in [0.25, 0.3) is 0 Å². The number of amides is 2. The molecule has 2 heterocycles. The van der Waals surface area contributed by atoms with Gasteiger partial charge in [0.15, 0.2) is 0 Å². The summed E-state index contributed by atoms with van der Waals surface area (Å²) in [6.07, 6.45) is 4.90. The van der Waals surface area contributed by atoms with Crippen LogP contribution in [0.5, 0.6) is 0 Å². The third-order valence-corrected chi connectivity index (χ3v) is 3.85. The molecule has 0 unspecified atom stereocenters. The van der Waals surface area contributed by atoms with Crippen LogP contribution in [0.1, 0.15) is 32.6 Å². The first-order chi connectivity index (χ1) is 8.31. The first kappa shape index (κ1) is 12.7. The number of rotatable bonds is 3. The van der Waals surface area contributed by atoms with Crippen molar-refractivity contribution in [3.8, 4) is 0 Å². The molecule has 0 N–H and O–H groups in total. The van der Waals surface area contributed by atoms with E-state index in [1.54, 1.807) is 0 Å². The molecule has 0 aromatic heterocycles. The summed E-state index contributed by atoms with van der Waals surface area (Å²) in [5.74, 6) is 0. The molecule has 0 aromatic rings. The normalized spacial score (nSPS) is 22.2. The monoisotopic (exact) mass is 239 g/mol. The van der Waals surface area contributed by atoms with E-state index in [1.165, 1.54) is 32.2 Å². The Morgan fingerprint density at radius 3 is 2.12 bits per heavy atom. The molecule has 2 fully saturated rings. The summed E-state index contributed by atoms with van der Waals surface area (Å²) in [5, 5.41) is 0. The van der Waals surface area contributed by atoms with E-state index in [-0.39, 0.29) is 6.03 Å². The zero-order chi connectivity index (χ0) is 12.1. The number of hydrogen-bond acceptors (Lipinski definition) is 2. The van der Waals surface area contributed by atoms with Gasteiger partial charge < -0.3 is 9.80 Å². The maximum atomic E-state index is 12.2. The lowest BCUT2D eigenvalue weighted by molar-refractivity contribution is 0.117. The maximum Gasteiger partial charge on any atom is 0.320 e. The molecular formula is C13H25N3O. The number of piperazine rings is 1. The van der Waals surface area contributed by atoms with E-state index >= 15 is 0 Å². The van der Waals surface area contributed by atoms with Crippen molar-refractivity contribution in [2.24, 2.45) is 0 Å². The van der Waals surface area contributed by atoms with Crippen LogP contribution in [0.15, 0.2) is 0 Å². The Bertz CT molecular complexity index is 243. The van der Waals surface area contributed by atoms with Crippen LogP contribution < -0.4 is 0 Å². The maximum absolute atomic E-state index is 12.2. The van der Waals surface area contributed by atoms with Crippen molar-refractivity contribution in [2.45, 2.75) is 32.6 Å². The number of urea groups is 1. The van der Waals surface area contributed by atoms with Gasteiger partial charge in [-0.2, -0.15) is 0 Å². The molecule has 2 aliphatic heterocycles. The van der Waals surface area contributed by atoms with Crippen LogP contribution in [0.2, 0.25) is 0 Å². The van der Waals surface area contributed by atoms with Gasteiger partial charge in [-0.15, -0.1) is 0 Å². The van der Waals surface area contributed by atoms with Crippen molar-refractivity contribution < 1.29 is 4.79 Å². The van der Waals surface area contributed by atoms with Gasteiger partial charge in [-0.25, -0.2) is 4.79 Å². The number of nitrogens with zero attached hydrogens (tertiary/aromatic N) is 3. The van der Waals surface area contributed by atoms with Crippen LogP contribution >= 0.6 is 0 Å². The number of likely N-dealkylation sites (tertiary alicyclic amines) is 1. The quantitative estimate of drug-likeness (QED) is 0.748. The second-order valence-corrected chi connectivity index (χ2v) is 5.16. The van der Waals surface area contributed by atoms with E-state index in [4.69, 9.17) is 0 Å². The summed E-state index contributed by atoms with van der Waals surface area (Å²) in [7, 11) is 0. The number of carbonyl (C=O) groups is 1. The molecule has 98 valence electrons. The Morgan fingerprint density at radius 2 is 1.53 bits per heavy atom. The molecule has 0 atom stereocenters. The molecule has 2 amide bonds. The summed E-state index contributed by atoms with van der Waals surface area (Å²) in [6.45, 7) is 9.30. The standard InChI is InChI=1S/C13H25N3O/c1-2-3-6-14-9-11-16(12-10-14)13(17)15-7-4-5-8-15/h2-12H2,1H3. The SMILES string of the molecule is CCCCN1CCN(C(=O)N2CCCC2)CC1. The molecule has 2 saturated heterocycles. The Labute approximate surface area is 105 Å². The minimum Gasteiger partial charge on any atom is -0.325 e. The Kier molecular flexibility index (Phi) is 4.66. The summed E-state index contributed by atoms with van der Waals surface area (Å²) in [4.78, 5) is 18.7. The summed E-state index contributed by atoms with van der Waals surface area (Å²) in [5.41, 5.74) is 0. The molecule has 0 radical (unpaired) electrons. The molecule has 0 spiro atoms. The molecule has 17 heavy (non-hydrogen) atoms. The van der Waals surface area contributed by atoms with Gasteiger partial charge in [0.05, 0.1) is 0 Å². The molecule has 4 heteroatoms. The molecule has 2 rings (SSSR count). The average Bonchev–Trinajstić information content (AvgIpc) is 2.90. The van der Waals surface area contributed by atoms with E-state index in [9.17, 15) is 4.79 Å². The first-order valence-electron chi connectivity index (χ1n) is 7.07. The van der Waals surface area contributed by atoms with Gasteiger partial charge >= 0.3 is 6.03 Å². The third kappa shape index (κ3) is 3.35. The lowest BCUT2D eigenvalue weighted by Gasteiger charge is -2.36. The van der Waals surface area contributed by atoms with Crippen LogP contribution in [0, 0.1) is 0 Å². The fourth-order valence-corrected chi connectivity index (χ4v) is 2.65. The lowest BCUT2D eigenvalue weighted by atomic mass is 10.2. The molecule has 2 aliphatic rings. The minimum absolute atomic E-state index is 0.276. The summed E-state index contributed by atoms with van der Waals surface area (Å²) in [6, 6.07) is 0.276. The largest absolute Gasteiger partial charge is 0.325 e. The van der Waals surface area contributed by atoms with E-state index in [0.717, 1.165) is 39.3 Å². The molecule has 0 bridgehead atoms. The van der Waals surface area contributed by atoms with Gasteiger partial charge in [-0.3, -0.25) is 4.90 Å². The van der Waals surface area contributed by atoms with Crippen molar-refractivity contribution in [1.29, 1.82) is 0 Å².